The number of halogens is 1. The third-order valence-electron chi connectivity index (χ3n) is 5.93. The second kappa shape index (κ2) is 8.67. The average Bonchev–Trinajstić information content (AvgIpc) is 3.17. The summed E-state index contributed by atoms with van der Waals surface area (Å²) in [6.45, 7) is 7.72. The number of anilines is 1. The van der Waals surface area contributed by atoms with Crippen LogP contribution in [0.4, 0.5) is 5.69 Å². The summed E-state index contributed by atoms with van der Waals surface area (Å²) in [5.41, 5.74) is 1.12. The van der Waals surface area contributed by atoms with Crippen LogP contribution in [-0.2, 0) is 4.74 Å². The number of ether oxygens (including phenoxy) is 1. The lowest BCUT2D eigenvalue weighted by molar-refractivity contribution is -0.0454. The molecule has 3 aliphatic heterocycles. The lowest BCUT2D eigenvalue weighted by Crippen LogP contribution is -2.55. The first kappa shape index (κ1) is 18.8. The third-order valence-corrected chi connectivity index (χ3v) is 6.25. The number of rotatable bonds is 3. The van der Waals surface area contributed by atoms with Gasteiger partial charge >= 0.3 is 0 Å². The van der Waals surface area contributed by atoms with Crippen LogP contribution < -0.4 is 10.2 Å². The van der Waals surface area contributed by atoms with Gasteiger partial charge < -0.3 is 19.9 Å². The number of aliphatic imine (C=N–C) groups is 1. The van der Waals surface area contributed by atoms with Crippen molar-refractivity contribution >= 4 is 23.2 Å². The van der Waals surface area contributed by atoms with Crippen LogP contribution in [0.2, 0.25) is 5.02 Å². The van der Waals surface area contributed by atoms with Crippen molar-refractivity contribution in [2.75, 3.05) is 64.4 Å². The minimum atomic E-state index is 0.250. The van der Waals surface area contributed by atoms with Gasteiger partial charge in [0.1, 0.15) is 0 Å². The lowest BCUT2D eigenvalue weighted by atomic mass is 10.2. The second-order valence-electron chi connectivity index (χ2n) is 7.60. The number of piperazine rings is 1. The fraction of sp³-hybridized carbons (Fsp3) is 0.650. The monoisotopic (exact) mass is 391 g/mol. The summed E-state index contributed by atoms with van der Waals surface area (Å²) in [6, 6.07) is 8.73. The van der Waals surface area contributed by atoms with E-state index in [1.165, 1.54) is 19.4 Å². The Labute approximate surface area is 167 Å². The van der Waals surface area contributed by atoms with Gasteiger partial charge in [0, 0.05) is 52.4 Å². The molecule has 0 saturated carbocycles. The van der Waals surface area contributed by atoms with Crippen LogP contribution in [0.1, 0.15) is 12.8 Å². The number of nitrogens with zero attached hydrogens (tertiary/aromatic N) is 4. The summed E-state index contributed by atoms with van der Waals surface area (Å²) >= 11 is 6.35. The molecule has 0 spiro atoms. The van der Waals surface area contributed by atoms with E-state index in [0.29, 0.717) is 6.04 Å². The number of benzene rings is 1. The van der Waals surface area contributed by atoms with Gasteiger partial charge in [0.2, 0.25) is 0 Å². The molecule has 27 heavy (non-hydrogen) atoms. The molecule has 148 valence electrons. The van der Waals surface area contributed by atoms with Crippen molar-refractivity contribution in [1.29, 1.82) is 0 Å². The molecule has 7 heteroatoms. The van der Waals surface area contributed by atoms with Gasteiger partial charge in [0.25, 0.3) is 0 Å². The minimum absolute atomic E-state index is 0.250. The Kier molecular flexibility index (Phi) is 6.05. The number of nitrogens with one attached hydrogen (secondary N) is 1. The molecule has 0 amide bonds. The molecule has 2 atom stereocenters. The van der Waals surface area contributed by atoms with Crippen molar-refractivity contribution in [2.45, 2.75) is 25.0 Å². The Morgan fingerprint density at radius 1 is 1.22 bits per heavy atom. The van der Waals surface area contributed by atoms with Crippen LogP contribution in [0.5, 0.6) is 0 Å². The van der Waals surface area contributed by atoms with Crippen molar-refractivity contribution in [3.8, 4) is 0 Å². The Morgan fingerprint density at radius 2 is 2.04 bits per heavy atom. The topological polar surface area (TPSA) is 43.3 Å². The summed E-state index contributed by atoms with van der Waals surface area (Å²) in [4.78, 5) is 11.8. The summed E-state index contributed by atoms with van der Waals surface area (Å²) in [7, 11) is 1.86. The normalized spacial score (nSPS) is 27.0. The maximum absolute atomic E-state index is 6.35. The van der Waals surface area contributed by atoms with E-state index in [0.717, 1.165) is 62.5 Å². The van der Waals surface area contributed by atoms with E-state index >= 15 is 0 Å². The predicted molar refractivity (Wildman–Crippen MR) is 111 cm³/mol. The Bertz CT molecular complexity index is 662. The number of hydrogen-bond acceptors (Lipinski definition) is 4. The zero-order chi connectivity index (χ0) is 18.6. The molecule has 3 heterocycles. The molecule has 2 unspecified atom stereocenters. The summed E-state index contributed by atoms with van der Waals surface area (Å²) in [5.74, 6) is 0.973. The van der Waals surface area contributed by atoms with Crippen molar-refractivity contribution < 1.29 is 4.74 Å². The summed E-state index contributed by atoms with van der Waals surface area (Å²) in [6.07, 6.45) is 2.85. The summed E-state index contributed by atoms with van der Waals surface area (Å²) < 4.78 is 6.06. The third kappa shape index (κ3) is 4.33. The van der Waals surface area contributed by atoms with E-state index in [9.17, 15) is 0 Å². The van der Waals surface area contributed by atoms with Gasteiger partial charge in [0.05, 0.1) is 23.4 Å². The van der Waals surface area contributed by atoms with Gasteiger partial charge in [-0.15, -0.1) is 0 Å². The fourth-order valence-electron chi connectivity index (χ4n) is 4.41. The van der Waals surface area contributed by atoms with Gasteiger partial charge in [-0.25, -0.2) is 0 Å². The van der Waals surface area contributed by atoms with Crippen LogP contribution in [0.3, 0.4) is 0 Å². The van der Waals surface area contributed by atoms with Gasteiger partial charge in [-0.1, -0.05) is 23.7 Å². The molecule has 3 saturated heterocycles. The molecule has 0 radical (unpaired) electrons. The van der Waals surface area contributed by atoms with E-state index in [2.05, 4.69) is 31.1 Å². The lowest BCUT2D eigenvalue weighted by Gasteiger charge is -2.39. The molecule has 0 bridgehead atoms. The molecule has 1 aromatic rings. The molecule has 1 aromatic carbocycles. The smallest absolute Gasteiger partial charge is 0.193 e. The number of morpholine rings is 1. The number of para-hydroxylation sites is 1. The zero-order valence-electron chi connectivity index (χ0n) is 16.1. The van der Waals surface area contributed by atoms with Crippen molar-refractivity contribution in [3.05, 3.63) is 29.3 Å². The van der Waals surface area contributed by atoms with Gasteiger partial charge in [0.15, 0.2) is 5.96 Å². The Morgan fingerprint density at radius 3 is 2.81 bits per heavy atom. The van der Waals surface area contributed by atoms with Crippen molar-refractivity contribution in [3.63, 3.8) is 0 Å². The van der Waals surface area contributed by atoms with Crippen molar-refractivity contribution in [1.82, 2.24) is 15.1 Å². The average molecular weight is 392 g/mol. The molecule has 3 aliphatic rings. The number of hydrogen-bond donors (Lipinski definition) is 1. The highest BCUT2D eigenvalue weighted by atomic mass is 35.5. The van der Waals surface area contributed by atoms with E-state index in [-0.39, 0.29) is 6.10 Å². The number of guanidine groups is 1. The SMILES string of the molecule is CN=C(NCC1CN2CCCC2CO1)N1CCN(c2ccccc2Cl)CC1. The molecular formula is C20H30ClN5O. The highest BCUT2D eigenvalue weighted by molar-refractivity contribution is 6.33. The Balaban J connectivity index is 1.26. The van der Waals surface area contributed by atoms with E-state index < -0.39 is 0 Å². The number of fused-ring (bicyclic) bond motifs is 1. The minimum Gasteiger partial charge on any atom is -0.373 e. The zero-order valence-corrected chi connectivity index (χ0v) is 16.9. The predicted octanol–water partition coefficient (Wildman–Crippen LogP) is 1.90. The van der Waals surface area contributed by atoms with Crippen molar-refractivity contribution in [2.24, 2.45) is 4.99 Å². The van der Waals surface area contributed by atoms with Gasteiger partial charge in [-0.05, 0) is 31.5 Å². The van der Waals surface area contributed by atoms with Crippen LogP contribution in [0.15, 0.2) is 29.3 Å². The van der Waals surface area contributed by atoms with E-state index in [1.54, 1.807) is 0 Å². The van der Waals surface area contributed by atoms with Gasteiger partial charge in [-0.3, -0.25) is 9.89 Å². The summed E-state index contributed by atoms with van der Waals surface area (Å²) in [5, 5.41) is 4.36. The molecular weight excluding hydrogens is 362 g/mol. The molecule has 0 aromatic heterocycles. The molecule has 6 nitrogen and oxygen atoms in total. The molecule has 4 rings (SSSR count). The van der Waals surface area contributed by atoms with Crippen LogP contribution in [0, 0.1) is 0 Å². The second-order valence-corrected chi connectivity index (χ2v) is 8.01. The molecule has 3 fully saturated rings. The largest absolute Gasteiger partial charge is 0.373 e. The van der Waals surface area contributed by atoms with E-state index in [1.807, 2.05) is 25.2 Å². The fourth-order valence-corrected chi connectivity index (χ4v) is 4.67. The first-order valence-corrected chi connectivity index (χ1v) is 10.4. The highest BCUT2D eigenvalue weighted by Gasteiger charge is 2.32. The quantitative estimate of drug-likeness (QED) is 0.629. The molecule has 0 aliphatic carbocycles. The first-order chi connectivity index (χ1) is 13.2. The van der Waals surface area contributed by atoms with Crippen LogP contribution >= 0.6 is 11.6 Å². The Hall–Kier alpha value is -1.50. The first-order valence-electron chi connectivity index (χ1n) is 10.1. The van der Waals surface area contributed by atoms with Crippen LogP contribution in [-0.4, -0.2) is 87.4 Å². The van der Waals surface area contributed by atoms with Gasteiger partial charge in [-0.2, -0.15) is 0 Å². The maximum atomic E-state index is 6.35. The molecule has 1 N–H and O–H groups in total. The highest BCUT2D eigenvalue weighted by Crippen LogP contribution is 2.26. The maximum Gasteiger partial charge on any atom is 0.193 e. The van der Waals surface area contributed by atoms with E-state index in [4.69, 9.17) is 16.3 Å². The van der Waals surface area contributed by atoms with Crippen LogP contribution in [0.25, 0.3) is 0 Å². The standard InChI is InChI=1S/C20H30ClN5O/c1-22-20(23-13-17-14-26-8-4-5-16(26)15-27-17)25-11-9-24(10-12-25)19-7-3-2-6-18(19)21/h2-3,6-7,16-17H,4-5,8-15H2,1H3,(H,22,23).